The van der Waals surface area contributed by atoms with Gasteiger partial charge in [-0.15, -0.1) is 0 Å². The van der Waals surface area contributed by atoms with E-state index in [0.29, 0.717) is 24.5 Å². The second-order valence-corrected chi connectivity index (χ2v) is 4.57. The lowest BCUT2D eigenvalue weighted by atomic mass is 10.1. The predicted octanol–water partition coefficient (Wildman–Crippen LogP) is 1.09. The zero-order chi connectivity index (χ0) is 10.1. The van der Waals surface area contributed by atoms with Crippen LogP contribution in [0.3, 0.4) is 0 Å². The van der Waals surface area contributed by atoms with Crippen molar-refractivity contribution in [1.82, 2.24) is 9.80 Å². The zero-order valence-corrected chi connectivity index (χ0v) is 9.20. The van der Waals surface area contributed by atoms with Crippen LogP contribution in [-0.4, -0.2) is 47.4 Å². The number of hydrogen-bond acceptors (Lipinski definition) is 2. The molecule has 80 valence electrons. The summed E-state index contributed by atoms with van der Waals surface area (Å²) >= 11 is 0. The Morgan fingerprint density at radius 1 is 1.57 bits per heavy atom. The van der Waals surface area contributed by atoms with Gasteiger partial charge in [-0.2, -0.15) is 0 Å². The van der Waals surface area contributed by atoms with Crippen molar-refractivity contribution in [1.29, 1.82) is 0 Å². The van der Waals surface area contributed by atoms with Gasteiger partial charge in [0.25, 0.3) is 0 Å². The Labute approximate surface area is 86.1 Å². The largest absolute Gasteiger partial charge is 0.337 e. The first kappa shape index (κ1) is 9.97. The van der Waals surface area contributed by atoms with Crippen LogP contribution >= 0.6 is 0 Å². The topological polar surface area (TPSA) is 23.6 Å². The fourth-order valence-corrected chi connectivity index (χ4v) is 2.55. The summed E-state index contributed by atoms with van der Waals surface area (Å²) in [6, 6.07) is 1.08. The number of hydrogen-bond donors (Lipinski definition) is 0. The van der Waals surface area contributed by atoms with Crippen molar-refractivity contribution in [3.8, 4) is 0 Å². The van der Waals surface area contributed by atoms with Crippen LogP contribution in [0.2, 0.25) is 0 Å². The molecule has 2 aliphatic heterocycles. The van der Waals surface area contributed by atoms with Crippen LogP contribution in [0.4, 0.5) is 0 Å². The van der Waals surface area contributed by atoms with Gasteiger partial charge in [-0.05, 0) is 26.2 Å². The third kappa shape index (κ3) is 1.65. The molecule has 0 radical (unpaired) electrons. The first-order valence-corrected chi connectivity index (χ1v) is 5.76. The first-order chi connectivity index (χ1) is 6.72. The smallest absolute Gasteiger partial charge is 0.237 e. The summed E-state index contributed by atoms with van der Waals surface area (Å²) in [6.07, 6.45) is 3.55. The number of carbonyl (C=O) groups excluding carboxylic acids is 1. The molecule has 0 aliphatic carbocycles. The summed E-state index contributed by atoms with van der Waals surface area (Å²) in [6.45, 7) is 7.15. The molecule has 2 rings (SSSR count). The average Bonchev–Trinajstić information content (AvgIpc) is 2.64. The highest BCUT2D eigenvalue weighted by Gasteiger charge is 2.36. The van der Waals surface area contributed by atoms with E-state index >= 15 is 0 Å². The lowest BCUT2D eigenvalue weighted by Crippen LogP contribution is -2.55. The number of amides is 1. The Bertz CT molecular complexity index is 229. The van der Waals surface area contributed by atoms with Crippen molar-refractivity contribution in [2.45, 2.75) is 45.2 Å². The summed E-state index contributed by atoms with van der Waals surface area (Å²) in [5, 5.41) is 0. The number of carbonyl (C=O) groups is 1. The molecular weight excluding hydrogens is 176 g/mol. The van der Waals surface area contributed by atoms with E-state index in [1.807, 2.05) is 0 Å². The van der Waals surface area contributed by atoms with E-state index in [2.05, 4.69) is 23.6 Å². The van der Waals surface area contributed by atoms with Crippen LogP contribution in [0.5, 0.6) is 0 Å². The van der Waals surface area contributed by atoms with Crippen molar-refractivity contribution in [2.24, 2.45) is 0 Å². The molecule has 2 saturated heterocycles. The second-order valence-electron chi connectivity index (χ2n) is 4.57. The lowest BCUT2D eigenvalue weighted by molar-refractivity contribution is -0.138. The molecule has 2 aliphatic rings. The summed E-state index contributed by atoms with van der Waals surface area (Å²) in [5.74, 6) is 0.346. The van der Waals surface area contributed by atoms with Gasteiger partial charge in [0.15, 0.2) is 0 Å². The van der Waals surface area contributed by atoms with Gasteiger partial charge in [0.1, 0.15) is 0 Å². The Morgan fingerprint density at radius 3 is 3.07 bits per heavy atom. The molecule has 0 aromatic heterocycles. The highest BCUT2D eigenvalue weighted by Crippen LogP contribution is 2.23. The minimum Gasteiger partial charge on any atom is -0.337 e. The number of rotatable bonds is 2. The molecule has 0 N–H and O–H groups in total. The van der Waals surface area contributed by atoms with Crippen LogP contribution in [0.15, 0.2) is 0 Å². The second kappa shape index (κ2) is 3.89. The van der Waals surface area contributed by atoms with Gasteiger partial charge in [0.05, 0.1) is 6.54 Å². The maximum atomic E-state index is 11.8. The van der Waals surface area contributed by atoms with E-state index in [-0.39, 0.29) is 0 Å². The van der Waals surface area contributed by atoms with E-state index < -0.39 is 0 Å². The molecule has 0 bridgehead atoms. The van der Waals surface area contributed by atoms with Crippen LogP contribution < -0.4 is 0 Å². The van der Waals surface area contributed by atoms with Crippen molar-refractivity contribution in [3.63, 3.8) is 0 Å². The quantitative estimate of drug-likeness (QED) is 0.660. The van der Waals surface area contributed by atoms with Crippen molar-refractivity contribution < 1.29 is 4.79 Å². The standard InChI is InChI=1S/C11H20N2O/c1-3-9(2)12-7-10-5-4-6-13(10)11(14)8-12/h9-10H,3-8H2,1-2H3. The van der Waals surface area contributed by atoms with E-state index in [4.69, 9.17) is 0 Å². The first-order valence-electron chi connectivity index (χ1n) is 5.76. The van der Waals surface area contributed by atoms with Crippen molar-refractivity contribution in [2.75, 3.05) is 19.6 Å². The molecule has 14 heavy (non-hydrogen) atoms. The molecule has 0 spiro atoms. The molecule has 1 amide bonds. The highest BCUT2D eigenvalue weighted by molar-refractivity contribution is 5.79. The monoisotopic (exact) mass is 196 g/mol. The zero-order valence-electron chi connectivity index (χ0n) is 9.20. The molecule has 2 unspecified atom stereocenters. The molecule has 0 aromatic rings. The molecule has 2 atom stereocenters. The molecule has 3 heteroatoms. The third-order valence-corrected chi connectivity index (χ3v) is 3.70. The van der Waals surface area contributed by atoms with Crippen LogP contribution in [0.25, 0.3) is 0 Å². The predicted molar refractivity (Wildman–Crippen MR) is 56.1 cm³/mol. The Morgan fingerprint density at radius 2 is 2.36 bits per heavy atom. The average molecular weight is 196 g/mol. The molecule has 3 nitrogen and oxygen atoms in total. The maximum Gasteiger partial charge on any atom is 0.237 e. The Kier molecular flexibility index (Phi) is 2.77. The summed E-state index contributed by atoms with van der Waals surface area (Å²) in [5.41, 5.74) is 0. The third-order valence-electron chi connectivity index (χ3n) is 3.70. The summed E-state index contributed by atoms with van der Waals surface area (Å²) in [4.78, 5) is 16.2. The molecule has 0 aromatic carbocycles. The van der Waals surface area contributed by atoms with Gasteiger partial charge >= 0.3 is 0 Å². The minimum atomic E-state index is 0.346. The molecule has 2 heterocycles. The van der Waals surface area contributed by atoms with Crippen LogP contribution in [-0.2, 0) is 4.79 Å². The SMILES string of the molecule is CCC(C)N1CC(=O)N2CCCC2C1. The van der Waals surface area contributed by atoms with Crippen molar-refractivity contribution >= 4 is 5.91 Å². The minimum absolute atomic E-state index is 0.346. The van der Waals surface area contributed by atoms with Gasteiger partial charge in [-0.3, -0.25) is 9.69 Å². The van der Waals surface area contributed by atoms with Gasteiger partial charge in [0, 0.05) is 25.2 Å². The molecule has 2 fully saturated rings. The molecule has 0 saturated carbocycles. The number of fused-ring (bicyclic) bond motifs is 1. The van der Waals surface area contributed by atoms with Crippen LogP contribution in [0, 0.1) is 0 Å². The number of nitrogens with zero attached hydrogens (tertiary/aromatic N) is 2. The van der Waals surface area contributed by atoms with Gasteiger partial charge < -0.3 is 4.90 Å². The van der Waals surface area contributed by atoms with Crippen LogP contribution in [0.1, 0.15) is 33.1 Å². The Balaban J connectivity index is 2.02. The maximum absolute atomic E-state index is 11.8. The van der Waals surface area contributed by atoms with Gasteiger partial charge in [-0.25, -0.2) is 0 Å². The Hall–Kier alpha value is -0.570. The number of piperazine rings is 1. The normalized spacial score (nSPS) is 30.6. The summed E-state index contributed by atoms with van der Waals surface area (Å²) < 4.78 is 0. The van der Waals surface area contributed by atoms with Gasteiger partial charge in [-0.1, -0.05) is 6.92 Å². The fraction of sp³-hybridized carbons (Fsp3) is 0.909. The highest BCUT2D eigenvalue weighted by atomic mass is 16.2. The van der Waals surface area contributed by atoms with Crippen molar-refractivity contribution in [3.05, 3.63) is 0 Å². The van der Waals surface area contributed by atoms with Gasteiger partial charge in [0.2, 0.25) is 5.91 Å². The van der Waals surface area contributed by atoms with E-state index in [0.717, 1.165) is 19.5 Å². The summed E-state index contributed by atoms with van der Waals surface area (Å²) in [7, 11) is 0. The van der Waals surface area contributed by atoms with E-state index in [1.165, 1.54) is 12.8 Å². The lowest BCUT2D eigenvalue weighted by Gasteiger charge is -2.39. The fourth-order valence-electron chi connectivity index (χ4n) is 2.55. The molecular formula is C11H20N2O. The van der Waals surface area contributed by atoms with E-state index in [9.17, 15) is 4.79 Å². The van der Waals surface area contributed by atoms with E-state index in [1.54, 1.807) is 0 Å².